The van der Waals surface area contributed by atoms with Crippen LogP contribution in [0.5, 0.6) is 0 Å². The highest BCUT2D eigenvalue weighted by Crippen LogP contribution is 2.50. The van der Waals surface area contributed by atoms with Gasteiger partial charge in [-0.2, -0.15) is 4.31 Å². The standard InChI is InChI=1S/C35H43N3O4S/c1-26-13-15-29(16-14-26)32-25-31(32)11-7-4-8-12-33(35(40)37-21-23-38(24-22-37)43(2,41)42)36-34(39)30-19-17-28(18-20-30)27-9-5-3-6-10-27/h3,5-6,9-10,13-20,31-33H,4,7-8,11-12,21-25H2,1-2H3,(H,36,39)/t31-,32+,33+/m1/s1. The zero-order valence-electron chi connectivity index (χ0n) is 25.2. The number of piperazine rings is 1. The Hall–Kier alpha value is -3.49. The van der Waals surface area contributed by atoms with E-state index in [9.17, 15) is 18.0 Å². The van der Waals surface area contributed by atoms with Crippen molar-refractivity contribution < 1.29 is 18.0 Å². The summed E-state index contributed by atoms with van der Waals surface area (Å²) in [5.41, 5.74) is 5.34. The summed E-state index contributed by atoms with van der Waals surface area (Å²) in [6, 6.07) is 25.7. The Balaban J connectivity index is 1.16. The second-order valence-electron chi connectivity index (χ2n) is 12.1. The minimum Gasteiger partial charge on any atom is -0.340 e. The molecule has 1 aliphatic carbocycles. The van der Waals surface area contributed by atoms with Crippen LogP contribution in [0, 0.1) is 12.8 Å². The van der Waals surface area contributed by atoms with Crippen molar-refractivity contribution in [3.05, 3.63) is 95.6 Å². The fourth-order valence-corrected chi connectivity index (χ4v) is 6.95. The lowest BCUT2D eigenvalue weighted by Gasteiger charge is -2.35. The zero-order chi connectivity index (χ0) is 30.4. The maximum absolute atomic E-state index is 13.6. The summed E-state index contributed by atoms with van der Waals surface area (Å²) in [5.74, 6) is 1.01. The predicted molar refractivity (Wildman–Crippen MR) is 171 cm³/mol. The van der Waals surface area contributed by atoms with Crippen LogP contribution >= 0.6 is 0 Å². The first-order valence-corrected chi connectivity index (χ1v) is 17.3. The quantitative estimate of drug-likeness (QED) is 0.273. The Bertz CT molecular complexity index is 1480. The molecule has 228 valence electrons. The third-order valence-corrected chi connectivity index (χ3v) is 10.2. The number of amides is 2. The van der Waals surface area contributed by atoms with Gasteiger partial charge in [0.05, 0.1) is 6.26 Å². The molecule has 0 aromatic heterocycles. The first-order chi connectivity index (χ1) is 20.7. The topological polar surface area (TPSA) is 86.8 Å². The summed E-state index contributed by atoms with van der Waals surface area (Å²) in [7, 11) is -3.29. The summed E-state index contributed by atoms with van der Waals surface area (Å²) in [6.07, 6.45) is 7.15. The van der Waals surface area contributed by atoms with Crippen molar-refractivity contribution in [3.63, 3.8) is 0 Å². The van der Waals surface area contributed by atoms with Crippen LogP contribution in [0.4, 0.5) is 0 Å². The van der Waals surface area contributed by atoms with Crippen molar-refractivity contribution in [2.45, 2.75) is 57.4 Å². The van der Waals surface area contributed by atoms with Gasteiger partial charge in [0.2, 0.25) is 15.9 Å². The van der Waals surface area contributed by atoms with Crippen LogP contribution < -0.4 is 5.32 Å². The van der Waals surface area contributed by atoms with E-state index in [1.807, 2.05) is 42.5 Å². The summed E-state index contributed by atoms with van der Waals surface area (Å²) < 4.78 is 25.3. The third-order valence-electron chi connectivity index (χ3n) is 8.87. The molecule has 2 fully saturated rings. The second-order valence-corrected chi connectivity index (χ2v) is 14.1. The Morgan fingerprint density at radius 1 is 0.837 bits per heavy atom. The molecule has 2 amide bonds. The molecule has 0 bridgehead atoms. The van der Waals surface area contributed by atoms with Crippen LogP contribution in [0.3, 0.4) is 0 Å². The van der Waals surface area contributed by atoms with Gasteiger partial charge in [-0.15, -0.1) is 0 Å². The molecular formula is C35H43N3O4S. The highest BCUT2D eigenvalue weighted by atomic mass is 32.2. The molecular weight excluding hydrogens is 558 g/mol. The van der Waals surface area contributed by atoms with Crippen molar-refractivity contribution in [2.75, 3.05) is 32.4 Å². The molecule has 3 aromatic carbocycles. The predicted octanol–water partition coefficient (Wildman–Crippen LogP) is 5.62. The molecule has 1 saturated carbocycles. The minimum absolute atomic E-state index is 0.135. The van der Waals surface area contributed by atoms with Gasteiger partial charge in [0.1, 0.15) is 6.04 Å². The molecule has 3 atom stereocenters. The summed E-state index contributed by atoms with van der Waals surface area (Å²) in [4.78, 5) is 28.6. The van der Waals surface area contributed by atoms with E-state index >= 15 is 0 Å². The minimum atomic E-state index is -3.29. The van der Waals surface area contributed by atoms with E-state index in [0.29, 0.717) is 31.0 Å². The lowest BCUT2D eigenvalue weighted by molar-refractivity contribution is -0.134. The first kappa shape index (κ1) is 31.0. The van der Waals surface area contributed by atoms with E-state index < -0.39 is 16.1 Å². The van der Waals surface area contributed by atoms with E-state index in [0.717, 1.165) is 36.3 Å². The number of carbonyl (C=O) groups excluding carboxylic acids is 2. The van der Waals surface area contributed by atoms with E-state index in [-0.39, 0.29) is 24.9 Å². The SMILES string of the molecule is Cc1ccc([C@@H]2C[C@H]2CCCCC[C@H](NC(=O)c2ccc(-c3ccccc3)cc2)C(=O)N2CCN(S(C)(=O)=O)CC2)cc1. The van der Waals surface area contributed by atoms with Gasteiger partial charge in [0.25, 0.3) is 5.91 Å². The van der Waals surface area contributed by atoms with Gasteiger partial charge in [-0.05, 0) is 66.8 Å². The second kappa shape index (κ2) is 13.9. The average molecular weight is 602 g/mol. The highest BCUT2D eigenvalue weighted by Gasteiger charge is 2.37. The Morgan fingerprint density at radius 2 is 1.49 bits per heavy atom. The summed E-state index contributed by atoms with van der Waals surface area (Å²) in [5, 5.41) is 3.01. The number of nitrogens with one attached hydrogen (secondary N) is 1. The highest BCUT2D eigenvalue weighted by molar-refractivity contribution is 7.88. The van der Waals surface area contributed by atoms with E-state index in [4.69, 9.17) is 0 Å². The van der Waals surface area contributed by atoms with Crippen molar-refractivity contribution in [3.8, 4) is 11.1 Å². The van der Waals surface area contributed by atoms with Crippen molar-refractivity contribution >= 4 is 21.8 Å². The number of nitrogens with zero attached hydrogens (tertiary/aromatic N) is 2. The number of sulfonamides is 1. The molecule has 7 nitrogen and oxygen atoms in total. The summed E-state index contributed by atoms with van der Waals surface area (Å²) >= 11 is 0. The largest absolute Gasteiger partial charge is 0.340 e. The van der Waals surface area contributed by atoms with Gasteiger partial charge in [-0.1, -0.05) is 91.6 Å². The monoisotopic (exact) mass is 601 g/mol. The van der Waals surface area contributed by atoms with Crippen LogP contribution in [-0.4, -0.2) is 67.9 Å². The molecule has 1 N–H and O–H groups in total. The Morgan fingerprint density at radius 3 is 2.14 bits per heavy atom. The van der Waals surface area contributed by atoms with Crippen LogP contribution in [0.2, 0.25) is 0 Å². The van der Waals surface area contributed by atoms with Crippen LogP contribution in [0.1, 0.15) is 65.9 Å². The average Bonchev–Trinajstić information content (AvgIpc) is 3.80. The van der Waals surface area contributed by atoms with Crippen LogP contribution in [0.15, 0.2) is 78.9 Å². The molecule has 43 heavy (non-hydrogen) atoms. The number of rotatable bonds is 12. The Kier molecular flexibility index (Phi) is 9.98. The molecule has 1 heterocycles. The van der Waals surface area contributed by atoms with E-state index in [2.05, 4.69) is 36.5 Å². The molecule has 3 aromatic rings. The van der Waals surface area contributed by atoms with Crippen LogP contribution in [-0.2, 0) is 14.8 Å². The maximum Gasteiger partial charge on any atom is 0.251 e. The molecule has 1 aliphatic heterocycles. The zero-order valence-corrected chi connectivity index (χ0v) is 26.1. The van der Waals surface area contributed by atoms with Gasteiger partial charge >= 0.3 is 0 Å². The lowest BCUT2D eigenvalue weighted by atomic mass is 10.0. The van der Waals surface area contributed by atoms with E-state index in [1.54, 1.807) is 17.0 Å². The number of hydrogen-bond acceptors (Lipinski definition) is 4. The number of aryl methyl sites for hydroxylation is 1. The Labute approximate surface area is 256 Å². The number of carbonyl (C=O) groups is 2. The molecule has 8 heteroatoms. The smallest absolute Gasteiger partial charge is 0.251 e. The molecule has 1 saturated heterocycles. The van der Waals surface area contributed by atoms with Crippen molar-refractivity contribution in [1.82, 2.24) is 14.5 Å². The van der Waals surface area contributed by atoms with Gasteiger partial charge in [-0.3, -0.25) is 9.59 Å². The molecule has 0 spiro atoms. The van der Waals surface area contributed by atoms with Gasteiger partial charge in [-0.25, -0.2) is 8.42 Å². The van der Waals surface area contributed by atoms with E-state index in [1.165, 1.54) is 34.5 Å². The normalized spacial score (nSPS) is 19.5. The maximum atomic E-state index is 13.6. The fraction of sp³-hybridized carbons (Fsp3) is 0.429. The van der Waals surface area contributed by atoms with Crippen molar-refractivity contribution in [2.24, 2.45) is 5.92 Å². The fourth-order valence-electron chi connectivity index (χ4n) is 6.12. The third kappa shape index (κ3) is 8.33. The molecule has 0 unspecified atom stereocenters. The molecule has 2 aliphatic rings. The first-order valence-electron chi connectivity index (χ1n) is 15.5. The van der Waals surface area contributed by atoms with Crippen molar-refractivity contribution in [1.29, 1.82) is 0 Å². The summed E-state index contributed by atoms with van der Waals surface area (Å²) in [6.45, 7) is 3.31. The van der Waals surface area contributed by atoms with Gasteiger partial charge < -0.3 is 10.2 Å². The number of benzene rings is 3. The number of hydrogen-bond donors (Lipinski definition) is 1. The lowest BCUT2D eigenvalue weighted by Crippen LogP contribution is -2.55. The molecule has 5 rings (SSSR count). The van der Waals surface area contributed by atoms with Gasteiger partial charge in [0, 0.05) is 31.7 Å². The number of unbranched alkanes of at least 4 members (excludes halogenated alkanes) is 2. The molecule has 0 radical (unpaired) electrons. The van der Waals surface area contributed by atoms with Gasteiger partial charge in [0.15, 0.2) is 0 Å². The van der Waals surface area contributed by atoms with Crippen LogP contribution in [0.25, 0.3) is 11.1 Å².